The van der Waals surface area contributed by atoms with Crippen molar-refractivity contribution >= 4 is 0 Å². The Morgan fingerprint density at radius 2 is 1.69 bits per heavy atom. The van der Waals surface area contributed by atoms with Gasteiger partial charge in [0.1, 0.15) is 0 Å². The summed E-state index contributed by atoms with van der Waals surface area (Å²) in [5, 5.41) is 3.35. The van der Waals surface area contributed by atoms with E-state index in [1.54, 1.807) is 0 Å². The first-order valence-corrected chi connectivity index (χ1v) is 6.47. The number of hydrogen-bond acceptors (Lipinski definition) is 1. The van der Waals surface area contributed by atoms with Gasteiger partial charge in [0.25, 0.3) is 0 Å². The normalized spacial score (nSPS) is 14.8. The summed E-state index contributed by atoms with van der Waals surface area (Å²) in [5.41, 5.74) is 2.90. The molecule has 0 bridgehead atoms. The van der Waals surface area contributed by atoms with E-state index in [-0.39, 0.29) is 0 Å². The fourth-order valence-electron chi connectivity index (χ4n) is 1.95. The van der Waals surface area contributed by atoms with E-state index in [1.165, 1.54) is 24.0 Å². The smallest absolute Gasteiger partial charge is 0.0102 e. The maximum atomic E-state index is 3.35. The lowest BCUT2D eigenvalue weighted by Crippen LogP contribution is -2.26. The van der Waals surface area contributed by atoms with Gasteiger partial charge >= 0.3 is 0 Å². The molecule has 0 aliphatic heterocycles. The van der Waals surface area contributed by atoms with Crippen LogP contribution < -0.4 is 5.32 Å². The monoisotopic (exact) mass is 219 g/mol. The van der Waals surface area contributed by atoms with Crippen molar-refractivity contribution < 1.29 is 0 Å². The molecule has 2 unspecified atom stereocenters. The van der Waals surface area contributed by atoms with E-state index in [2.05, 4.69) is 50.4 Å². The van der Waals surface area contributed by atoms with Gasteiger partial charge in [-0.3, -0.25) is 0 Å². The highest BCUT2D eigenvalue weighted by atomic mass is 14.9. The largest absolute Gasteiger partial charge is 0.317 e. The molecule has 0 aliphatic carbocycles. The Bertz CT molecular complexity index is 285. The molecule has 1 heteroatoms. The first-order valence-electron chi connectivity index (χ1n) is 6.47. The summed E-state index contributed by atoms with van der Waals surface area (Å²) in [7, 11) is 2.04. The molecule has 2 atom stereocenters. The molecule has 0 aliphatic rings. The lowest BCUT2D eigenvalue weighted by molar-refractivity contribution is 0.543. The van der Waals surface area contributed by atoms with Gasteiger partial charge in [-0.2, -0.15) is 0 Å². The summed E-state index contributed by atoms with van der Waals surface area (Å²) in [6.07, 6.45) is 3.53. The molecule has 0 heterocycles. The van der Waals surface area contributed by atoms with Crippen LogP contribution in [0.15, 0.2) is 24.3 Å². The predicted molar refractivity (Wildman–Crippen MR) is 72.0 cm³/mol. The molecule has 0 radical (unpaired) electrons. The lowest BCUT2D eigenvalue weighted by Gasteiger charge is -2.15. The average Bonchev–Trinajstić information content (AvgIpc) is 2.35. The topological polar surface area (TPSA) is 12.0 Å². The number of rotatable bonds is 6. The Kier molecular flexibility index (Phi) is 5.54. The van der Waals surface area contributed by atoms with Gasteiger partial charge < -0.3 is 5.32 Å². The Hall–Kier alpha value is -0.820. The predicted octanol–water partition coefficient (Wildman–Crippen LogP) is 3.74. The second-order valence-corrected chi connectivity index (χ2v) is 4.65. The van der Waals surface area contributed by atoms with Gasteiger partial charge in [-0.05, 0) is 43.4 Å². The third-order valence-electron chi connectivity index (χ3n) is 3.54. The van der Waals surface area contributed by atoms with E-state index in [0.29, 0.717) is 12.0 Å². The average molecular weight is 219 g/mol. The minimum Gasteiger partial charge on any atom is -0.317 e. The van der Waals surface area contributed by atoms with Crippen LogP contribution in [0.1, 0.15) is 50.7 Å². The highest BCUT2D eigenvalue weighted by Crippen LogP contribution is 2.19. The van der Waals surface area contributed by atoms with Crippen LogP contribution in [0.5, 0.6) is 0 Å². The van der Waals surface area contributed by atoms with Crippen molar-refractivity contribution in [3.63, 3.8) is 0 Å². The number of benzene rings is 1. The summed E-state index contributed by atoms with van der Waals surface area (Å²) in [6, 6.07) is 9.73. The van der Waals surface area contributed by atoms with Crippen LogP contribution in [-0.4, -0.2) is 13.1 Å². The Labute approximate surface area is 100 Å². The standard InChI is InChI=1S/C15H25N/c1-5-12(3)14-9-7-13(8-10-14)11-15(6-2)16-4/h7-10,12,15-16H,5-6,11H2,1-4H3. The Balaban J connectivity index is 2.64. The molecule has 0 saturated carbocycles. The molecule has 1 N–H and O–H groups in total. The zero-order valence-corrected chi connectivity index (χ0v) is 11.1. The minimum atomic E-state index is 0.606. The summed E-state index contributed by atoms with van der Waals surface area (Å²) in [6.45, 7) is 6.76. The van der Waals surface area contributed by atoms with Crippen molar-refractivity contribution in [2.75, 3.05) is 7.05 Å². The van der Waals surface area contributed by atoms with E-state index in [9.17, 15) is 0 Å². The van der Waals surface area contributed by atoms with Crippen LogP contribution in [0, 0.1) is 0 Å². The fourth-order valence-corrected chi connectivity index (χ4v) is 1.95. The molecule has 0 fully saturated rings. The second kappa shape index (κ2) is 6.70. The summed E-state index contributed by atoms with van der Waals surface area (Å²) in [5.74, 6) is 0.681. The lowest BCUT2D eigenvalue weighted by atomic mass is 9.96. The third-order valence-corrected chi connectivity index (χ3v) is 3.54. The van der Waals surface area contributed by atoms with Crippen LogP contribution in [0.2, 0.25) is 0 Å². The number of nitrogens with one attached hydrogen (secondary N) is 1. The number of hydrogen-bond donors (Lipinski definition) is 1. The zero-order valence-electron chi connectivity index (χ0n) is 11.1. The molecular weight excluding hydrogens is 194 g/mol. The second-order valence-electron chi connectivity index (χ2n) is 4.65. The van der Waals surface area contributed by atoms with Crippen molar-refractivity contribution in [3.8, 4) is 0 Å². The quantitative estimate of drug-likeness (QED) is 0.768. The van der Waals surface area contributed by atoms with Crippen molar-refractivity contribution in [2.45, 2.75) is 52.0 Å². The fraction of sp³-hybridized carbons (Fsp3) is 0.600. The van der Waals surface area contributed by atoms with Crippen LogP contribution in [0.3, 0.4) is 0 Å². The zero-order chi connectivity index (χ0) is 12.0. The van der Waals surface area contributed by atoms with Gasteiger partial charge in [0, 0.05) is 6.04 Å². The first kappa shape index (κ1) is 13.2. The first-order chi connectivity index (χ1) is 7.71. The maximum Gasteiger partial charge on any atom is 0.0102 e. The molecule has 0 saturated heterocycles. The van der Waals surface area contributed by atoms with Gasteiger partial charge in [0.15, 0.2) is 0 Å². The van der Waals surface area contributed by atoms with E-state index in [0.717, 1.165) is 6.42 Å². The summed E-state index contributed by atoms with van der Waals surface area (Å²) in [4.78, 5) is 0. The van der Waals surface area contributed by atoms with Crippen LogP contribution in [-0.2, 0) is 6.42 Å². The van der Waals surface area contributed by atoms with Gasteiger partial charge in [-0.1, -0.05) is 45.0 Å². The molecule has 16 heavy (non-hydrogen) atoms. The van der Waals surface area contributed by atoms with E-state index >= 15 is 0 Å². The SMILES string of the molecule is CCC(Cc1ccc(C(C)CC)cc1)NC. The van der Waals surface area contributed by atoms with Crippen molar-refractivity contribution in [1.82, 2.24) is 5.32 Å². The van der Waals surface area contributed by atoms with Crippen LogP contribution >= 0.6 is 0 Å². The van der Waals surface area contributed by atoms with E-state index < -0.39 is 0 Å². The van der Waals surface area contributed by atoms with Crippen molar-refractivity contribution in [1.29, 1.82) is 0 Å². The molecule has 1 aromatic rings. The molecule has 1 nitrogen and oxygen atoms in total. The highest BCUT2D eigenvalue weighted by molar-refractivity contribution is 5.25. The molecule has 1 aromatic carbocycles. The van der Waals surface area contributed by atoms with Crippen LogP contribution in [0.25, 0.3) is 0 Å². The van der Waals surface area contributed by atoms with E-state index in [4.69, 9.17) is 0 Å². The number of likely N-dealkylation sites (N-methyl/N-ethyl adjacent to an activating group) is 1. The Morgan fingerprint density at radius 3 is 2.12 bits per heavy atom. The van der Waals surface area contributed by atoms with Gasteiger partial charge in [-0.15, -0.1) is 0 Å². The summed E-state index contributed by atoms with van der Waals surface area (Å²) < 4.78 is 0. The van der Waals surface area contributed by atoms with E-state index in [1.807, 2.05) is 7.05 Å². The molecule has 0 amide bonds. The van der Waals surface area contributed by atoms with Crippen molar-refractivity contribution in [3.05, 3.63) is 35.4 Å². The van der Waals surface area contributed by atoms with Crippen molar-refractivity contribution in [2.24, 2.45) is 0 Å². The van der Waals surface area contributed by atoms with Gasteiger partial charge in [0.05, 0.1) is 0 Å². The Morgan fingerprint density at radius 1 is 1.06 bits per heavy atom. The van der Waals surface area contributed by atoms with Gasteiger partial charge in [-0.25, -0.2) is 0 Å². The minimum absolute atomic E-state index is 0.606. The molecule has 1 rings (SSSR count). The van der Waals surface area contributed by atoms with Crippen LogP contribution in [0.4, 0.5) is 0 Å². The highest BCUT2D eigenvalue weighted by Gasteiger charge is 2.06. The summed E-state index contributed by atoms with van der Waals surface area (Å²) >= 11 is 0. The molecular formula is C15H25N. The maximum absolute atomic E-state index is 3.35. The molecule has 0 spiro atoms. The molecule has 0 aromatic heterocycles. The molecule has 90 valence electrons. The third kappa shape index (κ3) is 3.64. The van der Waals surface area contributed by atoms with Gasteiger partial charge in [0.2, 0.25) is 0 Å².